The predicted molar refractivity (Wildman–Crippen MR) is 69.9 cm³/mol. The Morgan fingerprint density at radius 3 is 2.00 bits per heavy atom. The van der Waals surface area contributed by atoms with Crippen LogP contribution in [0.1, 0.15) is 33.6 Å². The van der Waals surface area contributed by atoms with Crippen molar-refractivity contribution >= 4 is 14.5 Å². The summed E-state index contributed by atoms with van der Waals surface area (Å²) in [7, 11) is -2.38. The van der Waals surface area contributed by atoms with Crippen LogP contribution in [-0.2, 0) is 18.4 Å². The Kier molecular flexibility index (Phi) is 8.12. The summed E-state index contributed by atoms with van der Waals surface area (Å²) >= 11 is 0. The molecule has 5 heteroatoms. The second-order valence-corrected chi connectivity index (χ2v) is 7.32. The van der Waals surface area contributed by atoms with E-state index in [1.54, 1.807) is 6.92 Å². The summed E-state index contributed by atoms with van der Waals surface area (Å²) in [4.78, 5) is 11.3. The third kappa shape index (κ3) is 7.30. The summed E-state index contributed by atoms with van der Waals surface area (Å²) in [5, 5.41) is 0. The summed E-state index contributed by atoms with van der Waals surface area (Å²) in [5.74, 6) is -0.385. The number of carbonyl (C=O) groups is 1. The van der Waals surface area contributed by atoms with Crippen LogP contribution in [0.15, 0.2) is 12.2 Å². The zero-order valence-electron chi connectivity index (χ0n) is 11.4. The monoisotopic (exact) mass is 260 g/mol. The largest absolute Gasteiger partial charge is 0.460 e. The summed E-state index contributed by atoms with van der Waals surface area (Å²) in [6, 6.07) is 0. The average molecular weight is 260 g/mol. The minimum absolute atomic E-state index is 0.221. The van der Waals surface area contributed by atoms with Gasteiger partial charge in [-0.05, 0) is 26.3 Å². The van der Waals surface area contributed by atoms with Crippen LogP contribution in [0.4, 0.5) is 0 Å². The van der Waals surface area contributed by atoms with Crippen LogP contribution in [0.5, 0.6) is 0 Å². The van der Waals surface area contributed by atoms with E-state index < -0.39 is 8.56 Å². The highest BCUT2D eigenvalue weighted by Crippen LogP contribution is 2.10. The van der Waals surface area contributed by atoms with Crippen LogP contribution in [0.25, 0.3) is 0 Å². The number of carbonyl (C=O) groups excluding carboxylic acids is 1. The molecule has 0 aromatic carbocycles. The van der Waals surface area contributed by atoms with Gasteiger partial charge in [-0.25, -0.2) is 4.79 Å². The molecule has 0 N–H and O–H groups in total. The van der Waals surface area contributed by atoms with Crippen molar-refractivity contribution in [3.05, 3.63) is 12.2 Å². The lowest BCUT2D eigenvalue weighted by molar-refractivity contribution is -0.138. The van der Waals surface area contributed by atoms with Gasteiger partial charge in [0.05, 0.1) is 0 Å². The molecule has 0 aliphatic heterocycles. The molecule has 17 heavy (non-hydrogen) atoms. The van der Waals surface area contributed by atoms with Crippen LogP contribution in [0.3, 0.4) is 0 Å². The van der Waals surface area contributed by atoms with Gasteiger partial charge in [-0.3, -0.25) is 0 Å². The number of esters is 1. The van der Waals surface area contributed by atoms with Crippen molar-refractivity contribution in [3.63, 3.8) is 0 Å². The van der Waals surface area contributed by atoms with Gasteiger partial charge >= 0.3 is 14.5 Å². The van der Waals surface area contributed by atoms with Crippen LogP contribution in [-0.4, -0.2) is 34.0 Å². The smallest absolute Gasteiger partial charge is 0.374 e. The first-order valence-electron chi connectivity index (χ1n) is 6.05. The fraction of sp³-hybridized carbons (Fsp3) is 0.750. The molecule has 100 valence electrons. The number of hydrogen-bond donors (Lipinski definition) is 0. The van der Waals surface area contributed by atoms with Gasteiger partial charge < -0.3 is 13.6 Å². The number of hydrogen-bond acceptors (Lipinski definition) is 4. The van der Waals surface area contributed by atoms with Gasteiger partial charge in [0.2, 0.25) is 0 Å². The molecule has 4 nitrogen and oxygen atoms in total. The summed E-state index contributed by atoms with van der Waals surface area (Å²) < 4.78 is 16.6. The van der Waals surface area contributed by atoms with E-state index in [4.69, 9.17) is 13.6 Å². The first-order valence-corrected chi connectivity index (χ1v) is 8.58. The Bertz CT molecular complexity index is 245. The van der Waals surface area contributed by atoms with Crippen LogP contribution >= 0.6 is 0 Å². The summed E-state index contributed by atoms with van der Waals surface area (Å²) in [5.41, 5.74) is 0.396. The Labute approximate surface area is 105 Å². The molecule has 0 atom stereocenters. The van der Waals surface area contributed by atoms with Gasteiger partial charge in [0.15, 0.2) is 0 Å². The Balaban J connectivity index is 4.26. The van der Waals surface area contributed by atoms with E-state index >= 15 is 0 Å². The molecule has 0 spiro atoms. The first-order chi connectivity index (χ1) is 7.95. The Hall–Kier alpha value is -0.653. The van der Waals surface area contributed by atoms with Crippen LogP contribution < -0.4 is 0 Å². The molecule has 0 aliphatic carbocycles. The van der Waals surface area contributed by atoms with Crippen molar-refractivity contribution in [3.8, 4) is 0 Å². The van der Waals surface area contributed by atoms with Crippen molar-refractivity contribution in [2.45, 2.75) is 40.2 Å². The van der Waals surface area contributed by atoms with E-state index in [2.05, 4.69) is 6.58 Å². The van der Waals surface area contributed by atoms with Gasteiger partial charge in [-0.1, -0.05) is 20.4 Å². The highest BCUT2D eigenvalue weighted by Gasteiger charge is 2.33. The van der Waals surface area contributed by atoms with Crippen molar-refractivity contribution in [2.75, 3.05) is 19.4 Å². The highest BCUT2D eigenvalue weighted by molar-refractivity contribution is 6.66. The molecular formula is C12H24O4Si. The van der Waals surface area contributed by atoms with Gasteiger partial charge in [-0.15, -0.1) is 0 Å². The van der Waals surface area contributed by atoms with E-state index in [9.17, 15) is 4.79 Å². The van der Waals surface area contributed by atoms with Crippen molar-refractivity contribution < 1.29 is 18.4 Å². The molecule has 0 aliphatic rings. The molecule has 0 saturated carbocycles. The third-order valence-corrected chi connectivity index (χ3v) is 4.34. The average Bonchev–Trinajstić information content (AvgIpc) is 2.31. The van der Waals surface area contributed by atoms with Crippen molar-refractivity contribution in [2.24, 2.45) is 0 Å². The lowest BCUT2D eigenvalue weighted by Gasteiger charge is -2.26. The Morgan fingerprint density at radius 2 is 1.65 bits per heavy atom. The SMILES string of the molecule is C=C(C)C(=O)OC[Si](C)(OCCC)OCCC. The van der Waals surface area contributed by atoms with Gasteiger partial charge in [0, 0.05) is 18.8 Å². The summed E-state index contributed by atoms with van der Waals surface area (Å²) in [6.45, 7) is 12.4. The molecule has 0 unspecified atom stereocenters. The van der Waals surface area contributed by atoms with E-state index in [1.807, 2.05) is 20.4 Å². The second kappa shape index (κ2) is 8.44. The molecular weight excluding hydrogens is 236 g/mol. The number of ether oxygens (including phenoxy) is 1. The minimum Gasteiger partial charge on any atom is -0.460 e. The van der Waals surface area contributed by atoms with E-state index in [0.29, 0.717) is 18.8 Å². The maximum atomic E-state index is 11.3. The maximum absolute atomic E-state index is 11.3. The zero-order valence-corrected chi connectivity index (χ0v) is 12.4. The standard InChI is InChI=1S/C12H24O4Si/c1-6-8-15-17(5,16-9-7-2)10-14-12(13)11(3)4/h3,6-10H2,1-2,4-5H3. The topological polar surface area (TPSA) is 44.8 Å². The van der Waals surface area contributed by atoms with Crippen LogP contribution in [0.2, 0.25) is 6.55 Å². The molecule has 0 aromatic heterocycles. The van der Waals surface area contributed by atoms with Gasteiger partial charge in [-0.2, -0.15) is 0 Å². The quantitative estimate of drug-likeness (QED) is 0.363. The molecule has 0 rings (SSSR count). The fourth-order valence-corrected chi connectivity index (χ4v) is 3.00. The molecule has 0 aromatic rings. The zero-order chi connectivity index (χ0) is 13.3. The highest BCUT2D eigenvalue weighted by atomic mass is 28.4. The van der Waals surface area contributed by atoms with Crippen molar-refractivity contribution in [1.29, 1.82) is 0 Å². The Morgan fingerprint density at radius 1 is 1.18 bits per heavy atom. The van der Waals surface area contributed by atoms with Crippen molar-refractivity contribution in [1.82, 2.24) is 0 Å². The molecule has 0 amide bonds. The molecule has 0 heterocycles. The summed E-state index contributed by atoms with van der Waals surface area (Å²) in [6.07, 6.45) is 2.07. The molecule has 0 radical (unpaired) electrons. The molecule has 0 fully saturated rings. The van der Waals surface area contributed by atoms with E-state index in [1.165, 1.54) is 0 Å². The first kappa shape index (κ1) is 16.3. The molecule has 0 bridgehead atoms. The van der Waals surface area contributed by atoms with Gasteiger partial charge in [0.25, 0.3) is 0 Å². The van der Waals surface area contributed by atoms with E-state index in [0.717, 1.165) is 12.8 Å². The van der Waals surface area contributed by atoms with E-state index in [-0.39, 0.29) is 12.2 Å². The lowest BCUT2D eigenvalue weighted by atomic mass is 10.4. The second-order valence-electron chi connectivity index (χ2n) is 4.19. The van der Waals surface area contributed by atoms with Gasteiger partial charge in [0.1, 0.15) is 6.23 Å². The third-order valence-electron chi connectivity index (χ3n) is 2.04. The minimum atomic E-state index is -2.38. The predicted octanol–water partition coefficient (Wildman–Crippen LogP) is 2.57. The normalized spacial score (nSPS) is 11.3. The maximum Gasteiger partial charge on any atom is 0.374 e. The fourth-order valence-electron chi connectivity index (χ4n) is 1.08. The number of rotatable bonds is 9. The lowest BCUT2D eigenvalue weighted by Crippen LogP contribution is -2.45. The van der Waals surface area contributed by atoms with Crippen LogP contribution in [0, 0.1) is 0 Å². The molecule has 0 saturated heterocycles.